The predicted octanol–water partition coefficient (Wildman–Crippen LogP) is 1.27. The fourth-order valence-corrected chi connectivity index (χ4v) is 2.90. The molecule has 2 aliphatic rings. The second-order valence-corrected chi connectivity index (χ2v) is 5.19. The Bertz CT molecular complexity index is 312. The van der Waals surface area contributed by atoms with Crippen LogP contribution >= 0.6 is 0 Å². The molecule has 18 heavy (non-hydrogen) atoms. The molecule has 1 saturated heterocycles. The number of carboxylic acids is 1. The van der Waals surface area contributed by atoms with Crippen molar-refractivity contribution in [3.8, 4) is 0 Å². The van der Waals surface area contributed by atoms with Gasteiger partial charge in [0, 0.05) is 12.5 Å². The molecule has 1 N–H and O–H groups in total. The summed E-state index contributed by atoms with van der Waals surface area (Å²) in [5.74, 6) is -0.621. The van der Waals surface area contributed by atoms with Crippen molar-refractivity contribution in [2.75, 3.05) is 19.8 Å². The van der Waals surface area contributed by atoms with Gasteiger partial charge >= 0.3 is 5.97 Å². The van der Waals surface area contributed by atoms with Crippen LogP contribution in [-0.2, 0) is 14.3 Å². The van der Waals surface area contributed by atoms with Gasteiger partial charge in [-0.3, -0.25) is 9.59 Å². The molecule has 0 spiro atoms. The van der Waals surface area contributed by atoms with E-state index in [9.17, 15) is 9.59 Å². The third-order valence-corrected chi connectivity index (χ3v) is 3.88. The van der Waals surface area contributed by atoms with E-state index < -0.39 is 5.97 Å². The molecular weight excluding hydrogens is 234 g/mol. The number of carboxylic acid groups (broad SMARTS) is 1. The van der Waals surface area contributed by atoms with E-state index in [1.165, 1.54) is 6.42 Å². The van der Waals surface area contributed by atoms with Crippen LogP contribution in [-0.4, -0.2) is 47.7 Å². The molecule has 102 valence electrons. The zero-order chi connectivity index (χ0) is 13.0. The Kier molecular flexibility index (Phi) is 4.58. The number of carbonyl (C=O) groups is 2. The number of morpholine rings is 1. The van der Waals surface area contributed by atoms with Gasteiger partial charge in [0.2, 0.25) is 5.91 Å². The van der Waals surface area contributed by atoms with E-state index in [1.54, 1.807) is 4.90 Å². The number of amides is 1. The number of aliphatic carboxylic acids is 1. The van der Waals surface area contributed by atoms with Crippen LogP contribution < -0.4 is 0 Å². The third kappa shape index (κ3) is 3.22. The van der Waals surface area contributed by atoms with E-state index in [-0.39, 0.29) is 24.3 Å². The summed E-state index contributed by atoms with van der Waals surface area (Å²) in [5.41, 5.74) is 0. The minimum absolute atomic E-state index is 0.0154. The minimum Gasteiger partial charge on any atom is -0.481 e. The first kappa shape index (κ1) is 13.3. The highest BCUT2D eigenvalue weighted by Crippen LogP contribution is 2.27. The molecule has 1 heterocycles. The standard InChI is InChI=1S/C13H21NO4/c15-12(16)8-11-9-18-7-6-14(11)13(17)10-4-2-1-3-5-10/h10-11H,1-9H2,(H,15,16). The van der Waals surface area contributed by atoms with Crippen LogP contribution in [0, 0.1) is 5.92 Å². The summed E-state index contributed by atoms with van der Waals surface area (Å²) < 4.78 is 5.29. The first-order valence-corrected chi connectivity index (χ1v) is 6.78. The van der Waals surface area contributed by atoms with Crippen LogP contribution in [0.2, 0.25) is 0 Å². The highest BCUT2D eigenvalue weighted by Gasteiger charge is 2.33. The normalized spacial score (nSPS) is 26.0. The summed E-state index contributed by atoms with van der Waals surface area (Å²) in [6.45, 7) is 1.41. The van der Waals surface area contributed by atoms with Crippen molar-refractivity contribution in [2.24, 2.45) is 5.92 Å². The lowest BCUT2D eigenvalue weighted by Gasteiger charge is -2.37. The maximum atomic E-state index is 12.4. The molecule has 1 saturated carbocycles. The van der Waals surface area contributed by atoms with Crippen molar-refractivity contribution in [2.45, 2.75) is 44.6 Å². The maximum absolute atomic E-state index is 12.4. The summed E-state index contributed by atoms with van der Waals surface area (Å²) >= 11 is 0. The lowest BCUT2D eigenvalue weighted by atomic mass is 9.87. The molecule has 0 aromatic heterocycles. The van der Waals surface area contributed by atoms with Crippen molar-refractivity contribution >= 4 is 11.9 Å². The Balaban J connectivity index is 1.98. The monoisotopic (exact) mass is 255 g/mol. The van der Waals surface area contributed by atoms with Gasteiger partial charge in [0.15, 0.2) is 0 Å². The van der Waals surface area contributed by atoms with E-state index in [4.69, 9.17) is 9.84 Å². The molecule has 2 fully saturated rings. The number of hydrogen-bond acceptors (Lipinski definition) is 3. The first-order chi connectivity index (χ1) is 8.68. The molecule has 1 atom stereocenters. The number of hydrogen-bond donors (Lipinski definition) is 1. The van der Waals surface area contributed by atoms with E-state index >= 15 is 0 Å². The molecular formula is C13H21NO4. The van der Waals surface area contributed by atoms with Crippen LogP contribution in [0.4, 0.5) is 0 Å². The molecule has 5 nitrogen and oxygen atoms in total. The molecule has 0 radical (unpaired) electrons. The second kappa shape index (κ2) is 6.18. The maximum Gasteiger partial charge on any atom is 0.305 e. The van der Waals surface area contributed by atoms with Crippen LogP contribution in [0.1, 0.15) is 38.5 Å². The Morgan fingerprint density at radius 1 is 1.22 bits per heavy atom. The van der Waals surface area contributed by atoms with E-state index in [0.717, 1.165) is 25.7 Å². The van der Waals surface area contributed by atoms with Gasteiger partial charge in [-0.05, 0) is 12.8 Å². The fourth-order valence-electron chi connectivity index (χ4n) is 2.90. The van der Waals surface area contributed by atoms with Crippen LogP contribution in [0.25, 0.3) is 0 Å². The zero-order valence-electron chi connectivity index (χ0n) is 10.6. The smallest absolute Gasteiger partial charge is 0.305 e. The van der Waals surface area contributed by atoms with Crippen molar-refractivity contribution in [3.05, 3.63) is 0 Å². The first-order valence-electron chi connectivity index (χ1n) is 6.78. The van der Waals surface area contributed by atoms with Crippen LogP contribution in [0.5, 0.6) is 0 Å². The highest BCUT2D eigenvalue weighted by molar-refractivity contribution is 5.80. The van der Waals surface area contributed by atoms with Crippen molar-refractivity contribution in [3.63, 3.8) is 0 Å². The molecule has 0 aromatic rings. The van der Waals surface area contributed by atoms with Gasteiger partial charge in [-0.15, -0.1) is 0 Å². The average molecular weight is 255 g/mol. The quantitative estimate of drug-likeness (QED) is 0.824. The number of carbonyl (C=O) groups excluding carboxylic acids is 1. The number of nitrogens with zero attached hydrogens (tertiary/aromatic N) is 1. The highest BCUT2D eigenvalue weighted by atomic mass is 16.5. The van der Waals surface area contributed by atoms with Crippen LogP contribution in [0.15, 0.2) is 0 Å². The Hall–Kier alpha value is -1.10. The van der Waals surface area contributed by atoms with Gasteiger partial charge in [-0.1, -0.05) is 19.3 Å². The van der Waals surface area contributed by atoms with Gasteiger partial charge < -0.3 is 14.7 Å². The summed E-state index contributed by atoms with van der Waals surface area (Å²) in [4.78, 5) is 25.0. The van der Waals surface area contributed by atoms with Gasteiger partial charge in [-0.25, -0.2) is 0 Å². The fraction of sp³-hybridized carbons (Fsp3) is 0.846. The lowest BCUT2D eigenvalue weighted by molar-refractivity contribution is -0.149. The molecule has 2 rings (SSSR count). The average Bonchev–Trinajstić information content (AvgIpc) is 2.39. The van der Waals surface area contributed by atoms with E-state index in [0.29, 0.717) is 19.8 Å². The summed E-state index contributed by atoms with van der Waals surface area (Å²) in [6, 6.07) is -0.286. The van der Waals surface area contributed by atoms with Crippen molar-refractivity contribution in [1.82, 2.24) is 4.90 Å². The lowest BCUT2D eigenvalue weighted by Crippen LogP contribution is -2.51. The Morgan fingerprint density at radius 2 is 1.94 bits per heavy atom. The topological polar surface area (TPSA) is 66.8 Å². The summed E-state index contributed by atoms with van der Waals surface area (Å²) in [5, 5.41) is 8.88. The Labute approximate surface area is 107 Å². The minimum atomic E-state index is -0.869. The van der Waals surface area contributed by atoms with Gasteiger partial charge in [0.05, 0.1) is 25.7 Å². The Morgan fingerprint density at radius 3 is 2.61 bits per heavy atom. The number of rotatable bonds is 3. The molecule has 0 bridgehead atoms. The van der Waals surface area contributed by atoms with Crippen LogP contribution in [0.3, 0.4) is 0 Å². The predicted molar refractivity (Wildman–Crippen MR) is 65.1 cm³/mol. The van der Waals surface area contributed by atoms with Gasteiger partial charge in [-0.2, -0.15) is 0 Å². The van der Waals surface area contributed by atoms with Gasteiger partial charge in [0.1, 0.15) is 0 Å². The van der Waals surface area contributed by atoms with Crippen molar-refractivity contribution in [1.29, 1.82) is 0 Å². The summed E-state index contributed by atoms with van der Waals surface area (Å²) in [7, 11) is 0. The molecule has 1 unspecified atom stereocenters. The molecule has 0 aromatic carbocycles. The molecule has 5 heteroatoms. The zero-order valence-corrected chi connectivity index (χ0v) is 10.6. The molecule has 1 aliphatic heterocycles. The van der Waals surface area contributed by atoms with Gasteiger partial charge in [0.25, 0.3) is 0 Å². The molecule has 1 aliphatic carbocycles. The van der Waals surface area contributed by atoms with E-state index in [2.05, 4.69) is 0 Å². The third-order valence-electron chi connectivity index (χ3n) is 3.88. The SMILES string of the molecule is O=C(O)CC1COCCN1C(=O)C1CCCCC1. The largest absolute Gasteiger partial charge is 0.481 e. The second-order valence-electron chi connectivity index (χ2n) is 5.19. The number of ether oxygens (including phenoxy) is 1. The molecule has 1 amide bonds. The van der Waals surface area contributed by atoms with E-state index in [1.807, 2.05) is 0 Å². The van der Waals surface area contributed by atoms with Crippen molar-refractivity contribution < 1.29 is 19.4 Å². The summed E-state index contributed by atoms with van der Waals surface area (Å²) in [6.07, 6.45) is 5.34.